The Labute approximate surface area is 95.1 Å². The van der Waals surface area contributed by atoms with Crippen LogP contribution in [0, 0.1) is 0 Å². The van der Waals surface area contributed by atoms with Gasteiger partial charge in [0.2, 0.25) is 0 Å². The van der Waals surface area contributed by atoms with Gasteiger partial charge in [-0.1, -0.05) is 0 Å². The molecule has 90 valence electrons. The predicted octanol–water partition coefficient (Wildman–Crippen LogP) is 2.13. The molecule has 1 aromatic heterocycles. The van der Waals surface area contributed by atoms with Crippen LogP contribution < -0.4 is 5.32 Å². The highest BCUT2D eigenvalue weighted by Crippen LogP contribution is 2.29. The van der Waals surface area contributed by atoms with E-state index in [1.807, 2.05) is 0 Å². The van der Waals surface area contributed by atoms with Crippen LogP contribution in [-0.4, -0.2) is 27.9 Å². The lowest BCUT2D eigenvalue weighted by molar-refractivity contribution is -0.0327. The molecule has 0 radical (unpaired) electrons. The summed E-state index contributed by atoms with van der Waals surface area (Å²) in [6.07, 6.45) is 1.29. The summed E-state index contributed by atoms with van der Waals surface area (Å²) in [6, 6.07) is 3.09. The van der Waals surface area contributed by atoms with E-state index in [9.17, 15) is 13.2 Å². The minimum atomic E-state index is -4.17. The third-order valence-corrected chi connectivity index (χ3v) is 2.40. The van der Waals surface area contributed by atoms with Gasteiger partial charge in [-0.25, -0.2) is 0 Å². The van der Waals surface area contributed by atoms with Gasteiger partial charge in [0.25, 0.3) is 0 Å². The van der Waals surface area contributed by atoms with Crippen molar-refractivity contribution in [1.82, 2.24) is 10.3 Å². The maximum atomic E-state index is 11.7. The Morgan fingerprint density at radius 1 is 1.38 bits per heavy atom. The van der Waals surface area contributed by atoms with Gasteiger partial charge in [0.05, 0.1) is 11.9 Å². The Kier molecular flexibility index (Phi) is 4.88. The summed E-state index contributed by atoms with van der Waals surface area (Å²) in [6.45, 7) is 0.644. The van der Waals surface area contributed by atoms with Crippen molar-refractivity contribution in [3.63, 3.8) is 0 Å². The van der Waals surface area contributed by atoms with Crippen molar-refractivity contribution in [2.24, 2.45) is 0 Å². The highest BCUT2D eigenvalue weighted by Gasteiger charge is 2.27. The van der Waals surface area contributed by atoms with Gasteiger partial charge in [0, 0.05) is 18.8 Å². The number of nitrogens with one attached hydrogen (secondary N) is 1. The van der Waals surface area contributed by atoms with Crippen molar-refractivity contribution in [2.75, 3.05) is 12.3 Å². The Hall–Kier alpha value is -0.950. The molecule has 1 rings (SSSR count). The van der Waals surface area contributed by atoms with Crippen LogP contribution in [0.4, 0.5) is 13.2 Å². The van der Waals surface area contributed by atoms with Gasteiger partial charge < -0.3 is 10.4 Å². The van der Waals surface area contributed by atoms with E-state index in [0.29, 0.717) is 12.2 Å². The van der Waals surface area contributed by atoms with E-state index in [4.69, 9.17) is 5.11 Å². The van der Waals surface area contributed by atoms with Crippen LogP contribution in [0.1, 0.15) is 5.69 Å². The lowest BCUT2D eigenvalue weighted by Gasteiger charge is -2.06. The Bertz CT molecular complexity index is 316. The number of nitrogens with zero attached hydrogens (tertiary/aromatic N) is 1. The molecule has 16 heavy (non-hydrogen) atoms. The monoisotopic (exact) mass is 252 g/mol. The van der Waals surface area contributed by atoms with Crippen molar-refractivity contribution in [1.29, 1.82) is 0 Å². The molecule has 1 heterocycles. The molecular weight excluding hydrogens is 241 g/mol. The average molecular weight is 252 g/mol. The van der Waals surface area contributed by atoms with E-state index < -0.39 is 5.51 Å². The number of pyridine rings is 1. The highest BCUT2D eigenvalue weighted by atomic mass is 32.2. The number of hydrogen-bond acceptors (Lipinski definition) is 4. The van der Waals surface area contributed by atoms with Gasteiger partial charge in [-0.2, -0.15) is 13.2 Å². The van der Waals surface area contributed by atoms with Gasteiger partial charge in [0.15, 0.2) is 0 Å². The Morgan fingerprint density at radius 3 is 2.69 bits per heavy atom. The van der Waals surface area contributed by atoms with Crippen LogP contribution >= 0.6 is 11.8 Å². The smallest absolute Gasteiger partial charge is 0.441 e. The quantitative estimate of drug-likeness (QED) is 0.788. The maximum Gasteiger partial charge on any atom is 0.441 e. The summed E-state index contributed by atoms with van der Waals surface area (Å²) in [5, 5.41) is 11.8. The fourth-order valence-corrected chi connectivity index (χ4v) is 1.45. The maximum absolute atomic E-state index is 11.7. The molecule has 0 fully saturated rings. The van der Waals surface area contributed by atoms with Gasteiger partial charge in [-0.05, 0) is 23.9 Å². The zero-order chi connectivity index (χ0) is 12.0. The Balaban J connectivity index is 2.14. The summed E-state index contributed by atoms with van der Waals surface area (Å²) in [7, 11) is 0. The van der Waals surface area contributed by atoms with Crippen molar-refractivity contribution >= 4 is 11.8 Å². The van der Waals surface area contributed by atoms with Crippen LogP contribution in [-0.2, 0) is 6.54 Å². The Morgan fingerprint density at radius 2 is 2.12 bits per heavy atom. The third-order valence-electron chi connectivity index (χ3n) is 1.66. The molecule has 7 heteroatoms. The standard InChI is InChI=1S/C9H11F3N2OS/c10-9(11,12)16-4-3-13-5-7-1-2-8(15)6-14-7/h1-2,6,13,15H,3-5H2. The second kappa shape index (κ2) is 5.95. The van der Waals surface area contributed by atoms with Crippen molar-refractivity contribution < 1.29 is 18.3 Å². The molecule has 0 saturated heterocycles. The van der Waals surface area contributed by atoms with Crippen LogP contribution in [0.15, 0.2) is 18.3 Å². The fraction of sp³-hybridized carbons (Fsp3) is 0.444. The van der Waals surface area contributed by atoms with Crippen LogP contribution in [0.3, 0.4) is 0 Å². The molecule has 1 aromatic rings. The van der Waals surface area contributed by atoms with E-state index in [0.717, 1.165) is 0 Å². The molecule has 0 atom stereocenters. The summed E-state index contributed by atoms with van der Waals surface area (Å²) < 4.78 is 35.2. The number of halogens is 3. The summed E-state index contributed by atoms with van der Waals surface area (Å²) >= 11 is -0.0518. The molecule has 0 amide bonds. The van der Waals surface area contributed by atoms with Crippen LogP contribution in [0.25, 0.3) is 0 Å². The minimum absolute atomic E-state index is 0.0262. The lowest BCUT2D eigenvalue weighted by atomic mass is 10.3. The van der Waals surface area contributed by atoms with E-state index >= 15 is 0 Å². The molecule has 0 aromatic carbocycles. The van der Waals surface area contributed by atoms with Crippen LogP contribution in [0.5, 0.6) is 5.75 Å². The first-order valence-corrected chi connectivity index (χ1v) is 5.51. The zero-order valence-electron chi connectivity index (χ0n) is 8.29. The average Bonchev–Trinajstić information content (AvgIpc) is 2.19. The molecule has 0 aliphatic carbocycles. The molecule has 0 unspecified atom stereocenters. The van der Waals surface area contributed by atoms with Crippen molar-refractivity contribution in [3.05, 3.63) is 24.0 Å². The summed E-state index contributed by atoms with van der Waals surface area (Å²) in [5.74, 6) is 0.0399. The fourth-order valence-electron chi connectivity index (χ4n) is 0.977. The third kappa shape index (κ3) is 5.82. The number of aromatic nitrogens is 1. The SMILES string of the molecule is Oc1ccc(CNCCSC(F)(F)F)nc1. The molecule has 3 nitrogen and oxygen atoms in total. The first kappa shape index (κ1) is 13.1. The topological polar surface area (TPSA) is 45.1 Å². The van der Waals surface area contributed by atoms with Gasteiger partial charge >= 0.3 is 5.51 Å². The number of hydrogen-bond donors (Lipinski definition) is 2. The molecular formula is C9H11F3N2OS. The second-order valence-electron chi connectivity index (χ2n) is 2.98. The van der Waals surface area contributed by atoms with Crippen LogP contribution in [0.2, 0.25) is 0 Å². The number of aromatic hydroxyl groups is 1. The second-order valence-corrected chi connectivity index (χ2v) is 4.14. The molecule has 0 saturated carbocycles. The lowest BCUT2D eigenvalue weighted by Crippen LogP contribution is -2.18. The van der Waals surface area contributed by atoms with Gasteiger partial charge in [-0.3, -0.25) is 4.98 Å². The minimum Gasteiger partial charge on any atom is -0.506 e. The van der Waals surface area contributed by atoms with E-state index in [2.05, 4.69) is 10.3 Å². The zero-order valence-corrected chi connectivity index (χ0v) is 9.11. The highest BCUT2D eigenvalue weighted by molar-refractivity contribution is 8.00. The largest absolute Gasteiger partial charge is 0.506 e. The summed E-state index contributed by atoms with van der Waals surface area (Å²) in [5.41, 5.74) is -3.49. The molecule has 0 spiro atoms. The van der Waals surface area contributed by atoms with E-state index in [-0.39, 0.29) is 29.8 Å². The van der Waals surface area contributed by atoms with E-state index in [1.54, 1.807) is 6.07 Å². The molecule has 0 aliphatic heterocycles. The predicted molar refractivity (Wildman–Crippen MR) is 56.1 cm³/mol. The van der Waals surface area contributed by atoms with Gasteiger partial charge in [0.1, 0.15) is 5.75 Å². The van der Waals surface area contributed by atoms with Gasteiger partial charge in [-0.15, -0.1) is 0 Å². The normalized spacial score (nSPS) is 11.7. The molecule has 0 aliphatic rings. The van der Waals surface area contributed by atoms with Crippen molar-refractivity contribution in [3.8, 4) is 5.75 Å². The van der Waals surface area contributed by atoms with Crippen molar-refractivity contribution in [2.45, 2.75) is 12.1 Å². The first-order valence-electron chi connectivity index (χ1n) is 4.53. The number of alkyl halides is 3. The number of rotatable bonds is 5. The molecule has 2 N–H and O–H groups in total. The van der Waals surface area contributed by atoms with E-state index in [1.165, 1.54) is 12.3 Å². The number of thioether (sulfide) groups is 1. The first-order chi connectivity index (χ1) is 7.47. The molecule has 0 bridgehead atoms. The summed E-state index contributed by atoms with van der Waals surface area (Å²) in [4.78, 5) is 3.88.